The van der Waals surface area contributed by atoms with Gasteiger partial charge in [0.1, 0.15) is 0 Å². The molecule has 2 heteroatoms. The third-order valence-electron chi connectivity index (χ3n) is 1.41. The van der Waals surface area contributed by atoms with Gasteiger partial charge in [0.25, 0.3) is 0 Å². The summed E-state index contributed by atoms with van der Waals surface area (Å²) in [6.45, 7) is 1.99. The van der Waals surface area contributed by atoms with Crippen molar-refractivity contribution in [2.45, 2.75) is 6.42 Å². The van der Waals surface area contributed by atoms with Gasteiger partial charge >= 0.3 is 0 Å². The summed E-state index contributed by atoms with van der Waals surface area (Å²) in [4.78, 5) is 9.77. The van der Waals surface area contributed by atoms with Crippen LogP contribution < -0.4 is 5.32 Å². The molecular formula is C7H9NO. The molecule has 1 rings (SSSR count). The van der Waals surface area contributed by atoms with Gasteiger partial charge < -0.3 is 5.32 Å². The molecule has 0 aliphatic carbocycles. The molecule has 0 spiro atoms. The Morgan fingerprint density at radius 1 is 1.67 bits per heavy atom. The van der Waals surface area contributed by atoms with E-state index in [1.54, 1.807) is 0 Å². The lowest BCUT2D eigenvalue weighted by Crippen LogP contribution is -2.07. The lowest BCUT2D eigenvalue weighted by molar-refractivity contribution is -0.103. The summed E-state index contributed by atoms with van der Waals surface area (Å²) in [5.74, 6) is 5.68. The van der Waals surface area contributed by atoms with Gasteiger partial charge in [-0.15, -0.1) is 0 Å². The molecule has 0 radical (unpaired) electrons. The molecule has 0 amide bonds. The number of hydrogen-bond acceptors (Lipinski definition) is 2. The Morgan fingerprint density at radius 3 is 3.11 bits per heavy atom. The average molecular weight is 123 g/mol. The van der Waals surface area contributed by atoms with Gasteiger partial charge in [-0.25, -0.2) is 0 Å². The first-order chi connectivity index (χ1) is 4.43. The van der Waals surface area contributed by atoms with Crippen molar-refractivity contribution in [2.75, 3.05) is 13.1 Å². The van der Waals surface area contributed by atoms with Crippen LogP contribution in [0.5, 0.6) is 0 Å². The van der Waals surface area contributed by atoms with Gasteiger partial charge in [0, 0.05) is 12.5 Å². The molecule has 0 saturated carbocycles. The van der Waals surface area contributed by atoms with E-state index in [0.717, 1.165) is 19.5 Å². The van der Waals surface area contributed by atoms with Crippen molar-refractivity contribution in [1.29, 1.82) is 0 Å². The van der Waals surface area contributed by atoms with Gasteiger partial charge in [0.2, 0.25) is 0 Å². The Kier molecular flexibility index (Phi) is 2.29. The van der Waals surface area contributed by atoms with E-state index < -0.39 is 0 Å². The van der Waals surface area contributed by atoms with Gasteiger partial charge in [-0.1, -0.05) is 5.92 Å². The summed E-state index contributed by atoms with van der Waals surface area (Å²) in [6, 6.07) is 0. The molecule has 1 heterocycles. The standard InChI is InChI=1S/C7H9NO/c9-5-1-2-7-3-4-8-6-7/h5,7-8H,3-4,6H2. The Balaban J connectivity index is 2.34. The predicted octanol–water partition coefficient (Wildman–Crippen LogP) is -0.202. The normalized spacial score (nSPS) is 24.7. The smallest absolute Gasteiger partial charge is 0.192 e. The molecule has 2 nitrogen and oxygen atoms in total. The van der Waals surface area contributed by atoms with Crippen LogP contribution in [-0.2, 0) is 4.79 Å². The fraction of sp³-hybridized carbons (Fsp3) is 0.571. The molecular weight excluding hydrogens is 114 g/mol. The van der Waals surface area contributed by atoms with Crippen molar-refractivity contribution in [3.63, 3.8) is 0 Å². The zero-order valence-electron chi connectivity index (χ0n) is 5.18. The largest absolute Gasteiger partial charge is 0.315 e. The van der Waals surface area contributed by atoms with Gasteiger partial charge in [0.05, 0.1) is 0 Å². The van der Waals surface area contributed by atoms with E-state index >= 15 is 0 Å². The monoisotopic (exact) mass is 123 g/mol. The summed E-state index contributed by atoms with van der Waals surface area (Å²) in [6.07, 6.45) is 1.74. The fourth-order valence-corrected chi connectivity index (χ4v) is 0.930. The van der Waals surface area contributed by atoms with Crippen LogP contribution in [0.15, 0.2) is 0 Å². The lowest BCUT2D eigenvalue weighted by atomic mass is 10.1. The van der Waals surface area contributed by atoms with Crippen molar-refractivity contribution in [3.05, 3.63) is 0 Å². The summed E-state index contributed by atoms with van der Waals surface area (Å²) in [5, 5.41) is 3.16. The van der Waals surface area contributed by atoms with E-state index in [9.17, 15) is 4.79 Å². The van der Waals surface area contributed by atoms with E-state index in [1.807, 2.05) is 0 Å². The molecule has 0 aromatic carbocycles. The third-order valence-corrected chi connectivity index (χ3v) is 1.41. The predicted molar refractivity (Wildman–Crippen MR) is 34.8 cm³/mol. The second-order valence-corrected chi connectivity index (χ2v) is 2.10. The van der Waals surface area contributed by atoms with Crippen molar-refractivity contribution in [2.24, 2.45) is 5.92 Å². The minimum Gasteiger partial charge on any atom is -0.315 e. The molecule has 0 bridgehead atoms. The molecule has 0 aromatic heterocycles. The minimum absolute atomic E-state index is 0.412. The minimum atomic E-state index is 0.412. The highest BCUT2D eigenvalue weighted by Gasteiger charge is 2.09. The molecule has 0 aromatic rings. The molecule has 1 aliphatic heterocycles. The third kappa shape index (κ3) is 1.87. The average Bonchev–Trinajstić information content (AvgIpc) is 2.34. The molecule has 1 saturated heterocycles. The highest BCUT2D eigenvalue weighted by molar-refractivity contribution is 5.72. The second kappa shape index (κ2) is 3.26. The highest BCUT2D eigenvalue weighted by Crippen LogP contribution is 2.03. The van der Waals surface area contributed by atoms with Crippen LogP contribution in [-0.4, -0.2) is 19.4 Å². The molecule has 9 heavy (non-hydrogen) atoms. The highest BCUT2D eigenvalue weighted by atomic mass is 16.1. The topological polar surface area (TPSA) is 29.1 Å². The summed E-state index contributed by atoms with van der Waals surface area (Å²) in [7, 11) is 0. The second-order valence-electron chi connectivity index (χ2n) is 2.10. The molecule has 48 valence electrons. The molecule has 1 unspecified atom stereocenters. The van der Waals surface area contributed by atoms with E-state index in [1.165, 1.54) is 0 Å². The van der Waals surface area contributed by atoms with Crippen LogP contribution in [0.2, 0.25) is 0 Å². The van der Waals surface area contributed by atoms with Crippen molar-refractivity contribution in [3.8, 4) is 11.8 Å². The lowest BCUT2D eigenvalue weighted by Gasteiger charge is -1.91. The van der Waals surface area contributed by atoms with E-state index in [4.69, 9.17) is 0 Å². The van der Waals surface area contributed by atoms with Crippen LogP contribution in [0.4, 0.5) is 0 Å². The maximum absolute atomic E-state index is 9.77. The first kappa shape index (κ1) is 6.31. The Morgan fingerprint density at radius 2 is 2.56 bits per heavy atom. The number of nitrogens with one attached hydrogen (secondary N) is 1. The van der Waals surface area contributed by atoms with Crippen molar-refractivity contribution < 1.29 is 4.79 Å². The van der Waals surface area contributed by atoms with E-state index in [2.05, 4.69) is 17.2 Å². The van der Waals surface area contributed by atoms with Crippen molar-refractivity contribution in [1.82, 2.24) is 5.32 Å². The number of rotatable bonds is 0. The van der Waals surface area contributed by atoms with E-state index in [-0.39, 0.29) is 0 Å². The first-order valence-electron chi connectivity index (χ1n) is 3.09. The Labute approximate surface area is 54.6 Å². The Bertz CT molecular complexity index is 148. The van der Waals surface area contributed by atoms with Crippen LogP contribution >= 0.6 is 0 Å². The van der Waals surface area contributed by atoms with Gasteiger partial charge in [-0.2, -0.15) is 0 Å². The number of carbonyl (C=O) groups excluding carboxylic acids is 1. The van der Waals surface area contributed by atoms with Gasteiger partial charge in [-0.05, 0) is 18.9 Å². The maximum Gasteiger partial charge on any atom is 0.192 e. The van der Waals surface area contributed by atoms with Gasteiger partial charge in [-0.3, -0.25) is 4.79 Å². The molecule has 1 aliphatic rings. The molecule has 1 N–H and O–H groups in total. The number of carbonyl (C=O) groups is 1. The zero-order chi connectivity index (χ0) is 6.53. The van der Waals surface area contributed by atoms with Crippen LogP contribution in [0.25, 0.3) is 0 Å². The van der Waals surface area contributed by atoms with Crippen molar-refractivity contribution >= 4 is 6.29 Å². The summed E-state index contributed by atoms with van der Waals surface area (Å²) < 4.78 is 0. The quantitative estimate of drug-likeness (QED) is 0.357. The summed E-state index contributed by atoms with van der Waals surface area (Å²) in [5.41, 5.74) is 0. The van der Waals surface area contributed by atoms with Crippen LogP contribution in [0.3, 0.4) is 0 Å². The fourth-order valence-electron chi connectivity index (χ4n) is 0.930. The SMILES string of the molecule is O=CC#CC1CCNC1. The number of hydrogen-bond donors (Lipinski definition) is 1. The molecule has 1 atom stereocenters. The van der Waals surface area contributed by atoms with Gasteiger partial charge in [0.15, 0.2) is 6.29 Å². The first-order valence-corrected chi connectivity index (χ1v) is 3.09. The maximum atomic E-state index is 9.77. The number of aldehydes is 1. The molecule has 1 fully saturated rings. The van der Waals surface area contributed by atoms with Crippen LogP contribution in [0.1, 0.15) is 6.42 Å². The van der Waals surface area contributed by atoms with E-state index in [0.29, 0.717) is 12.2 Å². The Hall–Kier alpha value is -0.810. The summed E-state index contributed by atoms with van der Waals surface area (Å²) >= 11 is 0. The van der Waals surface area contributed by atoms with Crippen LogP contribution in [0, 0.1) is 17.8 Å². The zero-order valence-corrected chi connectivity index (χ0v) is 5.18.